The van der Waals surface area contributed by atoms with Gasteiger partial charge in [-0.3, -0.25) is 9.69 Å². The largest absolute Gasteiger partial charge is 0.340 e. The Bertz CT molecular complexity index is 269. The van der Waals surface area contributed by atoms with Crippen LogP contribution in [0.3, 0.4) is 0 Å². The Morgan fingerprint density at radius 1 is 1.31 bits per heavy atom. The predicted molar refractivity (Wildman–Crippen MR) is 64.0 cm³/mol. The summed E-state index contributed by atoms with van der Waals surface area (Å²) in [7, 11) is 0. The van der Waals surface area contributed by atoms with Crippen molar-refractivity contribution in [2.24, 2.45) is 17.1 Å². The van der Waals surface area contributed by atoms with Gasteiger partial charge >= 0.3 is 0 Å². The average Bonchev–Trinajstić information content (AvgIpc) is 2.88. The molecule has 1 heterocycles. The van der Waals surface area contributed by atoms with Gasteiger partial charge < -0.3 is 10.6 Å². The van der Waals surface area contributed by atoms with Crippen LogP contribution in [0.5, 0.6) is 0 Å². The van der Waals surface area contributed by atoms with Gasteiger partial charge in [0.2, 0.25) is 5.91 Å². The van der Waals surface area contributed by atoms with Crippen LogP contribution >= 0.6 is 0 Å². The summed E-state index contributed by atoms with van der Waals surface area (Å²) < 4.78 is 0. The van der Waals surface area contributed by atoms with Crippen LogP contribution in [-0.2, 0) is 4.79 Å². The summed E-state index contributed by atoms with van der Waals surface area (Å²) in [4.78, 5) is 16.5. The third kappa shape index (κ3) is 2.38. The van der Waals surface area contributed by atoms with Gasteiger partial charge in [0.15, 0.2) is 0 Å². The molecule has 0 aromatic heterocycles. The van der Waals surface area contributed by atoms with Crippen LogP contribution in [0.25, 0.3) is 0 Å². The van der Waals surface area contributed by atoms with Crippen molar-refractivity contribution in [3.8, 4) is 0 Å². The Labute approximate surface area is 97.8 Å². The molecule has 1 unspecified atom stereocenters. The molecule has 0 bridgehead atoms. The summed E-state index contributed by atoms with van der Waals surface area (Å²) >= 11 is 0. The van der Waals surface area contributed by atoms with Gasteiger partial charge in [0.1, 0.15) is 0 Å². The minimum Gasteiger partial charge on any atom is -0.340 e. The molecule has 1 saturated heterocycles. The molecule has 0 aromatic rings. The van der Waals surface area contributed by atoms with E-state index in [4.69, 9.17) is 5.73 Å². The molecule has 0 spiro atoms. The zero-order chi connectivity index (χ0) is 11.8. The minimum atomic E-state index is 0.255. The minimum absolute atomic E-state index is 0.255. The van der Waals surface area contributed by atoms with E-state index in [9.17, 15) is 4.79 Å². The van der Waals surface area contributed by atoms with Crippen molar-refractivity contribution in [3.63, 3.8) is 0 Å². The average molecular weight is 225 g/mol. The molecule has 1 aliphatic heterocycles. The Balaban J connectivity index is 1.79. The maximum atomic E-state index is 12.1. The standard InChI is InChI=1S/C12H23N3O/c1-12(2)9-10(12)11(16)15-7-5-14(4-3-13)6-8-15/h10H,3-9,13H2,1-2H3. The van der Waals surface area contributed by atoms with Crippen molar-refractivity contribution in [2.45, 2.75) is 20.3 Å². The quantitative estimate of drug-likeness (QED) is 0.743. The molecule has 92 valence electrons. The molecule has 2 N–H and O–H groups in total. The van der Waals surface area contributed by atoms with Gasteiger partial charge in [-0.2, -0.15) is 0 Å². The Morgan fingerprint density at radius 2 is 1.88 bits per heavy atom. The molecule has 4 heteroatoms. The van der Waals surface area contributed by atoms with Gasteiger partial charge in [-0.05, 0) is 11.8 Å². The van der Waals surface area contributed by atoms with Crippen LogP contribution in [0.1, 0.15) is 20.3 Å². The van der Waals surface area contributed by atoms with Gasteiger partial charge in [0.25, 0.3) is 0 Å². The van der Waals surface area contributed by atoms with E-state index in [0.717, 1.165) is 39.1 Å². The molecular formula is C12H23N3O. The fourth-order valence-corrected chi connectivity index (χ4v) is 2.48. The van der Waals surface area contributed by atoms with Crippen LogP contribution in [-0.4, -0.2) is 55.0 Å². The second-order valence-electron chi connectivity index (χ2n) is 5.70. The summed E-state index contributed by atoms with van der Waals surface area (Å²) in [5.74, 6) is 0.658. The van der Waals surface area contributed by atoms with Crippen molar-refractivity contribution >= 4 is 5.91 Å². The number of hydrogen-bond donors (Lipinski definition) is 1. The Kier molecular flexibility index (Phi) is 3.22. The van der Waals surface area contributed by atoms with E-state index in [1.54, 1.807) is 0 Å². The number of nitrogens with two attached hydrogens (primary N) is 1. The molecule has 1 atom stereocenters. The first kappa shape index (κ1) is 11.9. The van der Waals surface area contributed by atoms with E-state index in [-0.39, 0.29) is 11.3 Å². The van der Waals surface area contributed by atoms with Crippen LogP contribution in [0, 0.1) is 11.3 Å². The molecule has 16 heavy (non-hydrogen) atoms. The van der Waals surface area contributed by atoms with Crippen LogP contribution < -0.4 is 5.73 Å². The number of hydrogen-bond acceptors (Lipinski definition) is 3. The van der Waals surface area contributed by atoms with Crippen molar-refractivity contribution in [1.29, 1.82) is 0 Å². The fraction of sp³-hybridized carbons (Fsp3) is 0.917. The van der Waals surface area contributed by atoms with Crippen molar-refractivity contribution in [3.05, 3.63) is 0 Å². The van der Waals surface area contributed by atoms with Gasteiger partial charge in [-0.25, -0.2) is 0 Å². The second-order valence-corrected chi connectivity index (χ2v) is 5.70. The first-order chi connectivity index (χ1) is 7.54. The summed E-state index contributed by atoms with van der Waals surface area (Å²) in [6.07, 6.45) is 1.06. The highest BCUT2D eigenvalue weighted by Crippen LogP contribution is 2.52. The third-order valence-electron chi connectivity index (χ3n) is 3.94. The SMILES string of the molecule is CC1(C)CC1C(=O)N1CCN(CCN)CC1. The number of nitrogens with zero attached hydrogens (tertiary/aromatic N) is 2. The fourth-order valence-electron chi connectivity index (χ4n) is 2.48. The van der Waals surface area contributed by atoms with Crippen LogP contribution in [0.4, 0.5) is 0 Å². The first-order valence-electron chi connectivity index (χ1n) is 6.26. The zero-order valence-electron chi connectivity index (χ0n) is 10.4. The molecule has 4 nitrogen and oxygen atoms in total. The van der Waals surface area contributed by atoms with Gasteiger partial charge in [-0.1, -0.05) is 13.8 Å². The van der Waals surface area contributed by atoms with Crippen molar-refractivity contribution in [2.75, 3.05) is 39.3 Å². The number of carbonyl (C=O) groups is 1. The lowest BCUT2D eigenvalue weighted by Gasteiger charge is -2.34. The maximum Gasteiger partial charge on any atom is 0.226 e. The first-order valence-corrected chi connectivity index (χ1v) is 6.26. The van der Waals surface area contributed by atoms with Crippen molar-refractivity contribution < 1.29 is 4.79 Å². The molecule has 1 amide bonds. The molecule has 1 aliphatic carbocycles. The lowest BCUT2D eigenvalue weighted by Crippen LogP contribution is -2.50. The number of amides is 1. The van der Waals surface area contributed by atoms with E-state index in [1.165, 1.54) is 0 Å². The second kappa shape index (κ2) is 4.34. The molecular weight excluding hydrogens is 202 g/mol. The smallest absolute Gasteiger partial charge is 0.226 e. The van der Waals surface area contributed by atoms with Gasteiger partial charge in [-0.15, -0.1) is 0 Å². The van der Waals surface area contributed by atoms with Gasteiger partial charge in [0.05, 0.1) is 0 Å². The normalized spacial score (nSPS) is 29.2. The van der Waals surface area contributed by atoms with Gasteiger partial charge in [0, 0.05) is 45.2 Å². The predicted octanol–water partition coefficient (Wildman–Crippen LogP) is 0.135. The molecule has 0 radical (unpaired) electrons. The highest BCUT2D eigenvalue weighted by atomic mass is 16.2. The summed E-state index contributed by atoms with van der Waals surface area (Å²) in [5, 5.41) is 0. The highest BCUT2D eigenvalue weighted by Gasteiger charge is 2.52. The van der Waals surface area contributed by atoms with E-state index in [2.05, 4.69) is 18.7 Å². The van der Waals surface area contributed by atoms with Crippen molar-refractivity contribution in [1.82, 2.24) is 9.80 Å². The molecule has 2 aliphatic rings. The van der Waals surface area contributed by atoms with E-state index in [0.29, 0.717) is 12.5 Å². The maximum absolute atomic E-state index is 12.1. The summed E-state index contributed by atoms with van der Waals surface area (Å²) in [6, 6.07) is 0. The molecule has 2 fully saturated rings. The van der Waals surface area contributed by atoms with E-state index >= 15 is 0 Å². The number of rotatable bonds is 3. The number of carbonyl (C=O) groups excluding carboxylic acids is 1. The van der Waals surface area contributed by atoms with Crippen LogP contribution in [0.2, 0.25) is 0 Å². The van der Waals surface area contributed by atoms with E-state index < -0.39 is 0 Å². The monoisotopic (exact) mass is 225 g/mol. The highest BCUT2D eigenvalue weighted by molar-refractivity contribution is 5.82. The molecule has 2 rings (SSSR count). The summed E-state index contributed by atoms with van der Waals surface area (Å²) in [5.41, 5.74) is 5.78. The lowest BCUT2D eigenvalue weighted by atomic mass is 10.1. The van der Waals surface area contributed by atoms with E-state index in [1.807, 2.05) is 4.90 Å². The molecule has 0 aromatic carbocycles. The van der Waals surface area contributed by atoms with Crippen LogP contribution in [0.15, 0.2) is 0 Å². The number of piperazine rings is 1. The lowest BCUT2D eigenvalue weighted by molar-refractivity contribution is -0.135. The Morgan fingerprint density at radius 3 is 2.31 bits per heavy atom. The third-order valence-corrected chi connectivity index (χ3v) is 3.94. The zero-order valence-corrected chi connectivity index (χ0v) is 10.4. The summed E-state index contributed by atoms with van der Waals surface area (Å²) in [6.45, 7) is 9.75. The topological polar surface area (TPSA) is 49.6 Å². The molecule has 1 saturated carbocycles. The Hall–Kier alpha value is -0.610.